The highest BCUT2D eigenvalue weighted by Crippen LogP contribution is 2.49. The van der Waals surface area contributed by atoms with E-state index in [0.717, 1.165) is 55.8 Å². The van der Waals surface area contributed by atoms with E-state index in [2.05, 4.69) is 246 Å². The normalized spacial score (nSPS) is 11.8. The molecule has 14 aromatic rings. The lowest BCUT2D eigenvalue weighted by molar-refractivity contribution is 0.669. The number of fused-ring (bicyclic) bond motifs is 10. The summed E-state index contributed by atoms with van der Waals surface area (Å²) in [6.07, 6.45) is 0. The van der Waals surface area contributed by atoms with E-state index in [0.29, 0.717) is 0 Å². The molecule has 0 atom stereocenters. The van der Waals surface area contributed by atoms with Crippen molar-refractivity contribution in [3.63, 3.8) is 0 Å². The first-order valence-corrected chi connectivity index (χ1v) is 24.0. The van der Waals surface area contributed by atoms with Crippen molar-refractivity contribution in [2.24, 2.45) is 0 Å². The molecule has 3 heterocycles. The summed E-state index contributed by atoms with van der Waals surface area (Å²) in [5.41, 5.74) is 15.5. The number of rotatable bonds is 7. The molecule has 0 N–H and O–H groups in total. The van der Waals surface area contributed by atoms with Gasteiger partial charge in [-0.25, -0.2) is 0 Å². The van der Waals surface area contributed by atoms with Crippen LogP contribution in [0.2, 0.25) is 0 Å². The Bertz CT molecular complexity index is 4210. The van der Waals surface area contributed by atoms with Gasteiger partial charge in [0.2, 0.25) is 0 Å². The van der Waals surface area contributed by atoms with Crippen LogP contribution in [0.1, 0.15) is 0 Å². The van der Waals surface area contributed by atoms with E-state index in [9.17, 15) is 0 Å². The largest absolute Gasteiger partial charge is 0.456 e. The summed E-state index contributed by atoms with van der Waals surface area (Å²) in [5, 5.41) is 9.71. The zero-order valence-corrected chi connectivity index (χ0v) is 37.6. The lowest BCUT2D eigenvalue weighted by Crippen LogP contribution is -2.11. The minimum Gasteiger partial charge on any atom is -0.456 e. The second-order valence-corrected chi connectivity index (χ2v) is 18.7. The molecule has 3 nitrogen and oxygen atoms in total. The Morgan fingerprint density at radius 3 is 1.79 bits per heavy atom. The van der Waals surface area contributed by atoms with Crippen molar-refractivity contribution in [2.45, 2.75) is 0 Å². The van der Waals surface area contributed by atoms with E-state index < -0.39 is 0 Å². The third kappa shape index (κ3) is 6.12. The van der Waals surface area contributed by atoms with Gasteiger partial charge < -0.3 is 13.9 Å². The third-order valence-electron chi connectivity index (χ3n) is 13.8. The molecule has 4 heteroatoms. The molecular formula is C64H40N2OS. The topological polar surface area (TPSA) is 21.3 Å². The molecule has 0 aliphatic carbocycles. The van der Waals surface area contributed by atoms with Crippen molar-refractivity contribution in [3.05, 3.63) is 243 Å². The number of benzene rings is 11. The van der Waals surface area contributed by atoms with Crippen LogP contribution in [0.3, 0.4) is 0 Å². The predicted molar refractivity (Wildman–Crippen MR) is 289 cm³/mol. The van der Waals surface area contributed by atoms with Gasteiger partial charge in [0.25, 0.3) is 0 Å². The van der Waals surface area contributed by atoms with Gasteiger partial charge in [-0.05, 0) is 112 Å². The number of nitrogens with zero attached hydrogens (tertiary/aromatic N) is 2. The lowest BCUT2D eigenvalue weighted by atomic mass is 9.96. The molecule has 3 aromatic heterocycles. The Labute approximate surface area is 396 Å². The van der Waals surface area contributed by atoms with Crippen LogP contribution in [0.5, 0.6) is 0 Å². The molecule has 0 aliphatic heterocycles. The number of para-hydroxylation sites is 4. The van der Waals surface area contributed by atoms with E-state index in [1.807, 2.05) is 17.4 Å². The van der Waals surface area contributed by atoms with Crippen LogP contribution in [0.15, 0.2) is 247 Å². The number of furan rings is 1. The van der Waals surface area contributed by atoms with Crippen LogP contribution in [0.25, 0.3) is 114 Å². The van der Waals surface area contributed by atoms with Gasteiger partial charge in [-0.1, -0.05) is 164 Å². The summed E-state index contributed by atoms with van der Waals surface area (Å²) in [7, 11) is 0. The molecule has 0 spiro atoms. The average Bonchev–Trinajstić information content (AvgIpc) is 4.09. The molecular weight excluding hydrogens is 845 g/mol. The molecule has 0 radical (unpaired) electrons. The predicted octanol–water partition coefficient (Wildman–Crippen LogP) is 18.7. The van der Waals surface area contributed by atoms with E-state index in [4.69, 9.17) is 4.42 Å². The smallest absolute Gasteiger partial charge is 0.136 e. The summed E-state index contributed by atoms with van der Waals surface area (Å²) in [5.74, 6) is 0. The Hall–Kier alpha value is -8.70. The number of hydrogen-bond acceptors (Lipinski definition) is 3. The number of hydrogen-bond donors (Lipinski definition) is 0. The molecule has 0 saturated carbocycles. The number of thiophene rings is 1. The fourth-order valence-corrected chi connectivity index (χ4v) is 11.9. The fourth-order valence-electron chi connectivity index (χ4n) is 10.6. The van der Waals surface area contributed by atoms with Crippen LogP contribution >= 0.6 is 11.3 Å². The number of anilines is 3. The highest BCUT2D eigenvalue weighted by Gasteiger charge is 2.23. The van der Waals surface area contributed by atoms with E-state index in [1.165, 1.54) is 75.0 Å². The minimum atomic E-state index is 0.877. The van der Waals surface area contributed by atoms with Gasteiger partial charge in [0.05, 0.1) is 16.7 Å². The molecule has 68 heavy (non-hydrogen) atoms. The van der Waals surface area contributed by atoms with Crippen LogP contribution in [-0.2, 0) is 0 Å². The van der Waals surface area contributed by atoms with Crippen molar-refractivity contribution in [3.8, 4) is 39.1 Å². The van der Waals surface area contributed by atoms with Crippen molar-refractivity contribution in [1.82, 2.24) is 4.57 Å². The first kappa shape index (κ1) is 38.6. The standard InChI is InChI=1S/C64H40N2OS/c1-2-15-44-38-45(29-28-41(44)14-1)42-30-34-46(35-31-42)65(57-22-8-5-18-51(57)53-21-13-26-61-63(53)54-20-6-11-25-60(54)67-61)48-39-55(64-56(40-48)52-19-7-12-27-62(52)68-64)43-32-36-47(37-33-43)66-58-23-9-3-16-49(58)50-17-4-10-24-59(50)66/h1-40H. The first-order chi connectivity index (χ1) is 33.7. The van der Waals surface area contributed by atoms with E-state index in [-0.39, 0.29) is 0 Å². The van der Waals surface area contributed by atoms with Crippen molar-refractivity contribution in [1.29, 1.82) is 0 Å². The molecule has 14 rings (SSSR count). The molecule has 318 valence electrons. The van der Waals surface area contributed by atoms with Crippen LogP contribution in [0, 0.1) is 0 Å². The zero-order chi connectivity index (χ0) is 44.7. The van der Waals surface area contributed by atoms with Gasteiger partial charge in [0, 0.05) is 69.9 Å². The summed E-state index contributed by atoms with van der Waals surface area (Å²) >= 11 is 1.87. The van der Waals surface area contributed by atoms with E-state index >= 15 is 0 Å². The van der Waals surface area contributed by atoms with Gasteiger partial charge >= 0.3 is 0 Å². The molecule has 0 saturated heterocycles. The summed E-state index contributed by atoms with van der Waals surface area (Å²) in [6, 6.07) is 88.4. The van der Waals surface area contributed by atoms with Gasteiger partial charge in [-0.15, -0.1) is 11.3 Å². The summed E-state index contributed by atoms with van der Waals surface area (Å²) < 4.78 is 11.4. The van der Waals surface area contributed by atoms with Gasteiger partial charge in [-0.2, -0.15) is 0 Å². The summed E-state index contributed by atoms with van der Waals surface area (Å²) in [6.45, 7) is 0. The Morgan fingerprint density at radius 1 is 0.368 bits per heavy atom. The second kappa shape index (κ2) is 15.5. The SMILES string of the molecule is c1ccc(N(c2ccc(-c3ccc4ccccc4c3)cc2)c2cc(-c3ccc(-n4c5ccccc5c5ccccc54)cc3)c3sc4ccccc4c3c2)c(-c2cccc3oc4ccccc4c23)c1. The highest BCUT2D eigenvalue weighted by molar-refractivity contribution is 7.26. The molecule has 0 unspecified atom stereocenters. The monoisotopic (exact) mass is 884 g/mol. The Morgan fingerprint density at radius 2 is 0.985 bits per heavy atom. The molecule has 0 fully saturated rings. The van der Waals surface area contributed by atoms with Gasteiger partial charge in [0.1, 0.15) is 11.2 Å². The third-order valence-corrected chi connectivity index (χ3v) is 15.0. The maximum absolute atomic E-state index is 6.47. The van der Waals surface area contributed by atoms with Crippen LogP contribution in [-0.4, -0.2) is 4.57 Å². The maximum Gasteiger partial charge on any atom is 0.136 e. The van der Waals surface area contributed by atoms with Gasteiger partial charge in [-0.3, -0.25) is 0 Å². The number of aromatic nitrogens is 1. The lowest BCUT2D eigenvalue weighted by Gasteiger charge is -2.29. The molecule has 11 aromatic carbocycles. The molecule has 0 aliphatic rings. The van der Waals surface area contributed by atoms with Crippen molar-refractivity contribution in [2.75, 3.05) is 4.90 Å². The van der Waals surface area contributed by atoms with Gasteiger partial charge in [0.15, 0.2) is 0 Å². The van der Waals surface area contributed by atoms with E-state index in [1.54, 1.807) is 0 Å². The highest BCUT2D eigenvalue weighted by atomic mass is 32.1. The zero-order valence-electron chi connectivity index (χ0n) is 36.8. The quantitative estimate of drug-likeness (QED) is 0.159. The fraction of sp³-hybridized carbons (Fsp3) is 0. The minimum absolute atomic E-state index is 0.877. The summed E-state index contributed by atoms with van der Waals surface area (Å²) in [4.78, 5) is 2.46. The van der Waals surface area contributed by atoms with Crippen LogP contribution in [0.4, 0.5) is 17.1 Å². The second-order valence-electron chi connectivity index (χ2n) is 17.6. The maximum atomic E-state index is 6.47. The van der Waals surface area contributed by atoms with Crippen LogP contribution < -0.4 is 4.90 Å². The Balaban J connectivity index is 0.988. The van der Waals surface area contributed by atoms with Crippen molar-refractivity contribution >= 4 is 103 Å². The molecule has 0 bridgehead atoms. The molecule has 0 amide bonds. The first-order valence-electron chi connectivity index (χ1n) is 23.2. The average molecular weight is 885 g/mol. The Kier molecular flexibility index (Phi) is 8.76. The van der Waals surface area contributed by atoms with Crippen molar-refractivity contribution < 1.29 is 4.42 Å².